The lowest BCUT2D eigenvalue weighted by Gasteiger charge is -2.38. The van der Waals surface area contributed by atoms with Gasteiger partial charge in [0.05, 0.1) is 0 Å². The van der Waals surface area contributed by atoms with Crippen LogP contribution in [0.2, 0.25) is 0 Å². The van der Waals surface area contributed by atoms with Crippen LogP contribution >= 0.6 is 0 Å². The molecule has 1 aliphatic carbocycles. The highest BCUT2D eigenvalue weighted by atomic mass is 15.2. The molecule has 0 amide bonds. The molecule has 2 aliphatic rings. The topological polar surface area (TPSA) is 15.3 Å². The molecule has 3 atom stereocenters. The van der Waals surface area contributed by atoms with E-state index in [0.717, 1.165) is 24.9 Å². The van der Waals surface area contributed by atoms with Crippen molar-refractivity contribution in [2.24, 2.45) is 11.8 Å². The molecule has 0 spiro atoms. The van der Waals surface area contributed by atoms with Gasteiger partial charge in [-0.15, -0.1) is 0 Å². The van der Waals surface area contributed by atoms with Crippen molar-refractivity contribution in [1.82, 2.24) is 10.2 Å². The molecule has 0 radical (unpaired) electrons. The maximum atomic E-state index is 3.86. The van der Waals surface area contributed by atoms with E-state index in [-0.39, 0.29) is 0 Å². The van der Waals surface area contributed by atoms with E-state index in [1.54, 1.807) is 0 Å². The van der Waals surface area contributed by atoms with Crippen LogP contribution in [0.3, 0.4) is 0 Å². The van der Waals surface area contributed by atoms with Crippen LogP contribution < -0.4 is 5.32 Å². The van der Waals surface area contributed by atoms with Gasteiger partial charge in [-0.3, -0.25) is 4.90 Å². The van der Waals surface area contributed by atoms with Gasteiger partial charge in [-0.2, -0.15) is 0 Å². The fraction of sp³-hybridized carbons (Fsp3) is 0.429. The number of fused-ring (bicyclic) bond motifs is 2. The molecule has 2 nitrogen and oxygen atoms in total. The van der Waals surface area contributed by atoms with Gasteiger partial charge in [-0.1, -0.05) is 60.7 Å². The quantitative estimate of drug-likeness (QED) is 0.906. The summed E-state index contributed by atoms with van der Waals surface area (Å²) in [5, 5.41) is 3.86. The van der Waals surface area contributed by atoms with Crippen LogP contribution in [0.5, 0.6) is 0 Å². The summed E-state index contributed by atoms with van der Waals surface area (Å²) >= 11 is 0. The molecule has 1 N–H and O–H groups in total. The van der Waals surface area contributed by atoms with Crippen LogP contribution in [0.4, 0.5) is 0 Å². The summed E-state index contributed by atoms with van der Waals surface area (Å²) in [5.74, 6) is 1.64. The highest BCUT2D eigenvalue weighted by Crippen LogP contribution is 2.37. The molecule has 1 saturated heterocycles. The third-order valence-corrected chi connectivity index (χ3v) is 5.54. The average molecular weight is 306 g/mol. The van der Waals surface area contributed by atoms with Crippen LogP contribution in [-0.2, 0) is 13.1 Å². The zero-order chi connectivity index (χ0) is 15.5. The van der Waals surface area contributed by atoms with Crippen molar-refractivity contribution in [2.75, 3.05) is 13.1 Å². The minimum atomic E-state index is 0.710. The van der Waals surface area contributed by atoms with Crippen molar-refractivity contribution in [3.63, 3.8) is 0 Å². The zero-order valence-corrected chi connectivity index (χ0v) is 13.7. The monoisotopic (exact) mass is 306 g/mol. The van der Waals surface area contributed by atoms with Gasteiger partial charge in [0.1, 0.15) is 0 Å². The van der Waals surface area contributed by atoms with Gasteiger partial charge in [0.2, 0.25) is 0 Å². The van der Waals surface area contributed by atoms with Gasteiger partial charge in [-0.05, 0) is 35.8 Å². The van der Waals surface area contributed by atoms with E-state index in [9.17, 15) is 0 Å². The first kappa shape index (κ1) is 14.9. The summed E-state index contributed by atoms with van der Waals surface area (Å²) in [6.07, 6.45) is 2.78. The summed E-state index contributed by atoms with van der Waals surface area (Å²) in [4.78, 5) is 2.67. The molecule has 1 unspecified atom stereocenters. The molecule has 120 valence electrons. The Morgan fingerprint density at radius 2 is 1.35 bits per heavy atom. The van der Waals surface area contributed by atoms with Crippen molar-refractivity contribution in [1.29, 1.82) is 0 Å². The van der Waals surface area contributed by atoms with Crippen LogP contribution in [0.25, 0.3) is 0 Å². The van der Waals surface area contributed by atoms with Crippen LogP contribution in [0.15, 0.2) is 60.7 Å². The Morgan fingerprint density at radius 3 is 1.96 bits per heavy atom. The van der Waals surface area contributed by atoms with E-state index >= 15 is 0 Å². The maximum Gasteiger partial charge on any atom is 0.0233 e. The van der Waals surface area contributed by atoms with Gasteiger partial charge in [0.25, 0.3) is 0 Å². The standard InChI is InChI=1S/C21H26N2/c1-3-7-17(8-4-1)13-22-21-19-11-12-20(21)16-23(15-19)14-18-9-5-2-6-10-18/h1-10,19-22H,11-16H2/t19-,20+,21?. The first-order valence-corrected chi connectivity index (χ1v) is 8.92. The smallest absolute Gasteiger partial charge is 0.0233 e. The second-order valence-corrected chi connectivity index (χ2v) is 7.17. The van der Waals surface area contributed by atoms with Crippen molar-refractivity contribution >= 4 is 0 Å². The van der Waals surface area contributed by atoms with Crippen LogP contribution in [0, 0.1) is 11.8 Å². The van der Waals surface area contributed by atoms with Crippen molar-refractivity contribution in [2.45, 2.75) is 32.0 Å². The third-order valence-electron chi connectivity index (χ3n) is 5.54. The predicted octanol–water partition coefficient (Wildman–Crippen LogP) is 3.69. The molecule has 2 bridgehead atoms. The molecule has 1 heterocycles. The third kappa shape index (κ3) is 3.49. The molecule has 2 fully saturated rings. The summed E-state index contributed by atoms with van der Waals surface area (Å²) in [5.41, 5.74) is 2.85. The largest absolute Gasteiger partial charge is 0.309 e. The van der Waals surface area contributed by atoms with Gasteiger partial charge in [0, 0.05) is 32.2 Å². The molecule has 2 aromatic rings. The summed E-state index contributed by atoms with van der Waals surface area (Å²) in [7, 11) is 0. The zero-order valence-electron chi connectivity index (χ0n) is 13.7. The molecular weight excluding hydrogens is 280 g/mol. The summed E-state index contributed by atoms with van der Waals surface area (Å²) in [6.45, 7) is 4.62. The lowest BCUT2D eigenvalue weighted by Crippen LogP contribution is -2.50. The van der Waals surface area contributed by atoms with Crippen molar-refractivity contribution < 1.29 is 0 Å². The normalized spacial score (nSPS) is 27.2. The van der Waals surface area contributed by atoms with E-state index < -0.39 is 0 Å². The van der Waals surface area contributed by atoms with Gasteiger partial charge in [0.15, 0.2) is 0 Å². The fourth-order valence-electron chi connectivity index (χ4n) is 4.46. The van der Waals surface area contributed by atoms with E-state index in [1.807, 2.05) is 0 Å². The Labute approximate surface area is 139 Å². The van der Waals surface area contributed by atoms with Gasteiger partial charge in [-0.25, -0.2) is 0 Å². The number of likely N-dealkylation sites (tertiary alicyclic amines) is 1. The summed E-state index contributed by atoms with van der Waals surface area (Å²) < 4.78 is 0. The van der Waals surface area contributed by atoms with E-state index in [1.165, 1.54) is 37.1 Å². The first-order valence-electron chi connectivity index (χ1n) is 8.92. The van der Waals surface area contributed by atoms with Crippen LogP contribution in [-0.4, -0.2) is 24.0 Å². The Hall–Kier alpha value is -1.64. The molecule has 2 aromatic carbocycles. The highest BCUT2D eigenvalue weighted by Gasteiger charge is 2.41. The molecule has 2 heteroatoms. The molecular formula is C21H26N2. The number of benzene rings is 2. The van der Waals surface area contributed by atoms with Gasteiger partial charge >= 0.3 is 0 Å². The van der Waals surface area contributed by atoms with E-state index in [2.05, 4.69) is 70.9 Å². The molecule has 0 aromatic heterocycles. The number of hydrogen-bond donors (Lipinski definition) is 1. The van der Waals surface area contributed by atoms with Crippen molar-refractivity contribution in [3.05, 3.63) is 71.8 Å². The van der Waals surface area contributed by atoms with Crippen LogP contribution in [0.1, 0.15) is 24.0 Å². The average Bonchev–Trinajstić information content (AvgIpc) is 2.84. The number of nitrogens with one attached hydrogen (secondary N) is 1. The molecule has 4 rings (SSSR count). The van der Waals surface area contributed by atoms with E-state index in [4.69, 9.17) is 0 Å². The first-order chi connectivity index (χ1) is 11.4. The Kier molecular flexibility index (Phi) is 4.45. The molecule has 23 heavy (non-hydrogen) atoms. The Balaban J connectivity index is 1.34. The van der Waals surface area contributed by atoms with Gasteiger partial charge < -0.3 is 5.32 Å². The lowest BCUT2D eigenvalue weighted by atomic mass is 9.91. The predicted molar refractivity (Wildman–Crippen MR) is 95.0 cm³/mol. The molecule has 1 saturated carbocycles. The second kappa shape index (κ2) is 6.86. The Morgan fingerprint density at radius 1 is 0.783 bits per heavy atom. The minimum Gasteiger partial charge on any atom is -0.309 e. The number of piperidine rings is 1. The molecule has 1 aliphatic heterocycles. The lowest BCUT2D eigenvalue weighted by molar-refractivity contribution is 0.122. The fourth-order valence-corrected chi connectivity index (χ4v) is 4.46. The second-order valence-electron chi connectivity index (χ2n) is 7.17. The number of hydrogen-bond acceptors (Lipinski definition) is 2. The number of nitrogens with zero attached hydrogens (tertiary/aromatic N) is 1. The SMILES string of the molecule is c1ccc(CNC2[C@@H]3CC[C@H]2CN(Cc2ccccc2)C3)cc1. The Bertz CT molecular complexity index is 596. The number of rotatable bonds is 5. The highest BCUT2D eigenvalue weighted by molar-refractivity contribution is 5.16. The van der Waals surface area contributed by atoms with Crippen molar-refractivity contribution in [3.8, 4) is 0 Å². The maximum absolute atomic E-state index is 3.86. The summed E-state index contributed by atoms with van der Waals surface area (Å²) in [6, 6.07) is 22.4. The minimum absolute atomic E-state index is 0.710. The van der Waals surface area contributed by atoms with E-state index in [0.29, 0.717) is 6.04 Å².